The van der Waals surface area contributed by atoms with Gasteiger partial charge in [-0.25, -0.2) is 4.39 Å². The summed E-state index contributed by atoms with van der Waals surface area (Å²) in [4.78, 5) is 24.5. The molecule has 7 nitrogen and oxygen atoms in total. The molecule has 9 heteroatoms. The highest BCUT2D eigenvalue weighted by molar-refractivity contribution is 7.99. The smallest absolute Gasteiger partial charge is 0.234 e. The maximum atomic E-state index is 13.2. The maximum Gasteiger partial charge on any atom is 0.234 e. The number of aryl methyl sites for hydroxylation is 1. The molecule has 1 amide bonds. The number of carbonyl (C=O) groups is 1. The Kier molecular flexibility index (Phi) is 6.38. The zero-order valence-electron chi connectivity index (χ0n) is 15.1. The Hall–Kier alpha value is -3.20. The summed E-state index contributed by atoms with van der Waals surface area (Å²) < 4.78 is 13.2. The molecule has 1 aromatic heterocycles. The topological polar surface area (TPSA) is 106 Å². The van der Waals surface area contributed by atoms with Crippen LogP contribution < -0.4 is 16.4 Å². The third kappa shape index (κ3) is 5.65. The lowest BCUT2D eigenvalue weighted by atomic mass is 10.2. The summed E-state index contributed by atoms with van der Waals surface area (Å²) in [5.74, 6) is 0.823. The van der Waals surface area contributed by atoms with E-state index in [9.17, 15) is 9.18 Å². The van der Waals surface area contributed by atoms with Crippen molar-refractivity contribution >= 4 is 40.9 Å². The normalized spacial score (nSPS) is 10.5. The van der Waals surface area contributed by atoms with Gasteiger partial charge in [-0.3, -0.25) is 4.79 Å². The Labute approximate surface area is 166 Å². The van der Waals surface area contributed by atoms with E-state index in [1.54, 1.807) is 6.07 Å². The summed E-state index contributed by atoms with van der Waals surface area (Å²) >= 11 is 1.32. The first-order valence-electron chi connectivity index (χ1n) is 8.46. The van der Waals surface area contributed by atoms with E-state index in [0.717, 1.165) is 11.3 Å². The quantitative estimate of drug-likeness (QED) is 0.559. The number of para-hydroxylation sites is 1. The molecule has 4 N–H and O–H groups in total. The number of amides is 1. The predicted molar refractivity (Wildman–Crippen MR) is 110 cm³/mol. The summed E-state index contributed by atoms with van der Waals surface area (Å²) in [5.41, 5.74) is 8.11. The van der Waals surface area contributed by atoms with E-state index >= 15 is 0 Å². The van der Waals surface area contributed by atoms with Crippen LogP contribution in [-0.4, -0.2) is 26.6 Å². The minimum Gasteiger partial charge on any atom is -0.368 e. The van der Waals surface area contributed by atoms with Crippen molar-refractivity contribution in [2.24, 2.45) is 0 Å². The first-order chi connectivity index (χ1) is 13.5. The highest BCUT2D eigenvalue weighted by Gasteiger charge is 2.09. The van der Waals surface area contributed by atoms with Crippen molar-refractivity contribution in [2.75, 3.05) is 22.1 Å². The number of hydrogen-bond donors (Lipinski definition) is 3. The number of halogens is 1. The van der Waals surface area contributed by atoms with Gasteiger partial charge in [-0.2, -0.15) is 15.0 Å². The summed E-state index contributed by atoms with van der Waals surface area (Å²) in [5, 5.41) is 5.76. The van der Waals surface area contributed by atoms with Gasteiger partial charge in [0.05, 0.1) is 11.5 Å². The van der Waals surface area contributed by atoms with E-state index in [4.69, 9.17) is 5.73 Å². The van der Waals surface area contributed by atoms with Gasteiger partial charge in [0.2, 0.25) is 17.8 Å². The van der Waals surface area contributed by atoms with Gasteiger partial charge in [0.25, 0.3) is 0 Å². The van der Waals surface area contributed by atoms with E-state index in [1.165, 1.54) is 30.0 Å². The highest BCUT2D eigenvalue weighted by Crippen LogP contribution is 2.19. The standard InChI is InChI=1S/C19H19FN6OS/c1-12-5-2-3-8-15(12)23-19-25-16(24-18(21)26-19)10-28-11-17(27)22-14-7-4-6-13(20)9-14/h2-9H,10-11H2,1H3,(H,22,27)(H3,21,23,24,25,26). The minimum absolute atomic E-state index is 0.103. The zero-order chi connectivity index (χ0) is 19.9. The van der Waals surface area contributed by atoms with Gasteiger partial charge in [0.15, 0.2) is 0 Å². The largest absolute Gasteiger partial charge is 0.368 e. The van der Waals surface area contributed by atoms with Crippen LogP contribution in [0.15, 0.2) is 48.5 Å². The van der Waals surface area contributed by atoms with Crippen LogP contribution in [0.2, 0.25) is 0 Å². The number of nitrogen functional groups attached to an aromatic ring is 1. The van der Waals surface area contributed by atoms with E-state index in [1.807, 2.05) is 31.2 Å². The SMILES string of the molecule is Cc1ccccc1Nc1nc(N)nc(CSCC(=O)Nc2cccc(F)c2)n1. The van der Waals surface area contributed by atoms with Crippen LogP contribution in [0, 0.1) is 12.7 Å². The number of nitrogens with zero attached hydrogens (tertiary/aromatic N) is 3. The van der Waals surface area contributed by atoms with Crippen LogP contribution >= 0.6 is 11.8 Å². The second-order valence-corrected chi connectivity index (χ2v) is 6.91. The molecule has 144 valence electrons. The minimum atomic E-state index is -0.403. The molecule has 0 spiro atoms. The maximum absolute atomic E-state index is 13.2. The van der Waals surface area contributed by atoms with Gasteiger partial charge in [-0.1, -0.05) is 24.3 Å². The van der Waals surface area contributed by atoms with Gasteiger partial charge in [0, 0.05) is 11.4 Å². The molecule has 28 heavy (non-hydrogen) atoms. The molecule has 0 aliphatic carbocycles. The third-order valence-corrected chi connectivity index (χ3v) is 4.59. The lowest BCUT2D eigenvalue weighted by Crippen LogP contribution is -2.14. The average Bonchev–Trinajstić information content (AvgIpc) is 2.63. The first kappa shape index (κ1) is 19.6. The molecule has 0 unspecified atom stereocenters. The van der Waals surface area contributed by atoms with Gasteiger partial charge >= 0.3 is 0 Å². The number of aromatic nitrogens is 3. The summed E-state index contributed by atoms with van der Waals surface area (Å²) in [6.45, 7) is 1.97. The molecule has 0 saturated carbocycles. The number of nitrogens with two attached hydrogens (primary N) is 1. The summed E-state index contributed by atoms with van der Waals surface area (Å²) in [7, 11) is 0. The number of benzene rings is 2. The lowest BCUT2D eigenvalue weighted by Gasteiger charge is -2.09. The molecule has 3 aromatic rings. The second kappa shape index (κ2) is 9.14. The molecule has 0 fully saturated rings. The van der Waals surface area contributed by atoms with E-state index < -0.39 is 5.82 Å². The van der Waals surface area contributed by atoms with Gasteiger partial charge < -0.3 is 16.4 Å². The first-order valence-corrected chi connectivity index (χ1v) is 9.61. The number of nitrogens with one attached hydrogen (secondary N) is 2. The van der Waals surface area contributed by atoms with Crippen LogP contribution in [0.3, 0.4) is 0 Å². The molecule has 1 heterocycles. The van der Waals surface area contributed by atoms with Crippen molar-refractivity contribution in [3.8, 4) is 0 Å². The average molecular weight is 398 g/mol. The van der Waals surface area contributed by atoms with E-state index in [2.05, 4.69) is 25.6 Å². The Morgan fingerprint density at radius 1 is 1.14 bits per heavy atom. The van der Waals surface area contributed by atoms with Crippen molar-refractivity contribution in [3.63, 3.8) is 0 Å². The van der Waals surface area contributed by atoms with E-state index in [-0.39, 0.29) is 17.6 Å². The van der Waals surface area contributed by atoms with Gasteiger partial charge in [0.1, 0.15) is 11.6 Å². The van der Waals surface area contributed by atoms with Crippen LogP contribution in [0.4, 0.5) is 27.7 Å². The van der Waals surface area contributed by atoms with Crippen LogP contribution in [0.25, 0.3) is 0 Å². The number of hydrogen-bond acceptors (Lipinski definition) is 7. The van der Waals surface area contributed by atoms with Crippen LogP contribution in [0.5, 0.6) is 0 Å². The molecule has 0 aliphatic heterocycles. The summed E-state index contributed by atoms with van der Waals surface area (Å²) in [6.07, 6.45) is 0. The third-order valence-electron chi connectivity index (χ3n) is 3.66. The van der Waals surface area contributed by atoms with Crippen molar-refractivity contribution in [1.29, 1.82) is 0 Å². The molecule has 0 saturated heterocycles. The molecule has 0 aliphatic rings. The molecular formula is C19H19FN6OS. The molecule has 0 radical (unpaired) electrons. The lowest BCUT2D eigenvalue weighted by molar-refractivity contribution is -0.113. The fourth-order valence-corrected chi connectivity index (χ4v) is 3.06. The number of anilines is 4. The summed E-state index contributed by atoms with van der Waals surface area (Å²) in [6, 6.07) is 13.5. The Morgan fingerprint density at radius 3 is 2.75 bits per heavy atom. The Morgan fingerprint density at radius 2 is 1.96 bits per heavy atom. The van der Waals surface area contributed by atoms with E-state index in [0.29, 0.717) is 23.2 Å². The molecule has 2 aromatic carbocycles. The highest BCUT2D eigenvalue weighted by atomic mass is 32.2. The van der Waals surface area contributed by atoms with Crippen molar-refractivity contribution in [1.82, 2.24) is 15.0 Å². The van der Waals surface area contributed by atoms with Crippen LogP contribution in [0.1, 0.15) is 11.4 Å². The van der Waals surface area contributed by atoms with Crippen LogP contribution in [-0.2, 0) is 10.5 Å². The monoisotopic (exact) mass is 398 g/mol. The zero-order valence-corrected chi connectivity index (χ0v) is 16.0. The number of thioether (sulfide) groups is 1. The van der Waals surface area contributed by atoms with Crippen molar-refractivity contribution in [3.05, 3.63) is 65.7 Å². The van der Waals surface area contributed by atoms with Gasteiger partial charge in [-0.15, -0.1) is 11.8 Å². The molecule has 0 atom stereocenters. The van der Waals surface area contributed by atoms with Crippen molar-refractivity contribution < 1.29 is 9.18 Å². The van der Waals surface area contributed by atoms with Gasteiger partial charge in [-0.05, 0) is 36.8 Å². The molecule has 0 bridgehead atoms. The predicted octanol–water partition coefficient (Wildman–Crippen LogP) is 3.52. The Bertz CT molecular complexity index is 984. The molecular weight excluding hydrogens is 379 g/mol. The molecule has 3 rings (SSSR count). The Balaban J connectivity index is 1.56. The fourth-order valence-electron chi connectivity index (χ4n) is 2.39. The number of carbonyl (C=O) groups excluding carboxylic acids is 1. The second-order valence-electron chi connectivity index (χ2n) is 5.92. The fraction of sp³-hybridized carbons (Fsp3) is 0.158. The van der Waals surface area contributed by atoms with Crippen molar-refractivity contribution in [2.45, 2.75) is 12.7 Å². The number of rotatable bonds is 7.